The van der Waals surface area contributed by atoms with Gasteiger partial charge in [-0.3, -0.25) is 9.36 Å². The molecule has 0 unspecified atom stereocenters. The van der Waals surface area contributed by atoms with Crippen molar-refractivity contribution in [1.82, 2.24) is 13.9 Å². The Labute approximate surface area is 152 Å². The quantitative estimate of drug-likeness (QED) is 0.748. The van der Waals surface area contributed by atoms with Crippen LogP contribution in [0.4, 0.5) is 0 Å². The van der Waals surface area contributed by atoms with Crippen LogP contribution in [0, 0.1) is 0 Å². The summed E-state index contributed by atoms with van der Waals surface area (Å²) in [6, 6.07) is 7.37. The fourth-order valence-electron chi connectivity index (χ4n) is 2.37. The zero-order valence-electron chi connectivity index (χ0n) is 15.2. The highest BCUT2D eigenvalue weighted by Crippen LogP contribution is 2.14. The van der Waals surface area contributed by atoms with Gasteiger partial charge in [-0.15, -0.1) is 0 Å². The molecular weight excluding hydrogens is 358 g/mol. The van der Waals surface area contributed by atoms with Gasteiger partial charge in [0.25, 0.3) is 5.56 Å². The van der Waals surface area contributed by atoms with Crippen LogP contribution in [0.25, 0.3) is 0 Å². The van der Waals surface area contributed by atoms with Crippen molar-refractivity contribution in [3.05, 3.63) is 56.9 Å². The molecule has 0 aliphatic carbocycles. The maximum absolute atomic E-state index is 12.4. The van der Waals surface area contributed by atoms with Crippen molar-refractivity contribution in [3.63, 3.8) is 0 Å². The summed E-state index contributed by atoms with van der Waals surface area (Å²) in [6.07, 6.45) is 1.57. The smallest absolute Gasteiger partial charge is 0.330 e. The zero-order valence-corrected chi connectivity index (χ0v) is 16.0. The summed E-state index contributed by atoms with van der Waals surface area (Å²) in [5, 5.41) is 0. The number of benzene rings is 1. The molecule has 9 heteroatoms. The second-order valence-corrected chi connectivity index (χ2v) is 7.94. The standard InChI is InChI=1S/C17H23N3O5S/c1-12(2)25-14-7-5-13(6-8-14)9-10-18-26(23,24)15-11-19(3)17(22)20(4)16(15)21/h5-8,11-12,18H,9-10H2,1-4H3. The van der Waals surface area contributed by atoms with Gasteiger partial charge in [-0.1, -0.05) is 12.1 Å². The molecule has 2 rings (SSSR count). The third-order valence-corrected chi connectivity index (χ3v) is 5.15. The van der Waals surface area contributed by atoms with Gasteiger partial charge in [0.15, 0.2) is 4.90 Å². The van der Waals surface area contributed by atoms with Crippen LogP contribution in [-0.4, -0.2) is 30.2 Å². The van der Waals surface area contributed by atoms with Crippen LogP contribution in [0.2, 0.25) is 0 Å². The lowest BCUT2D eigenvalue weighted by Gasteiger charge is -2.11. The molecule has 0 fully saturated rings. The van der Waals surface area contributed by atoms with E-state index < -0.39 is 26.2 Å². The Morgan fingerprint density at radius 3 is 2.31 bits per heavy atom. The molecule has 0 aliphatic heterocycles. The normalized spacial score (nSPS) is 11.7. The summed E-state index contributed by atoms with van der Waals surface area (Å²) in [6.45, 7) is 4.00. The van der Waals surface area contributed by atoms with E-state index in [1.807, 2.05) is 38.1 Å². The van der Waals surface area contributed by atoms with E-state index in [1.165, 1.54) is 14.1 Å². The van der Waals surface area contributed by atoms with Crippen molar-refractivity contribution in [2.75, 3.05) is 6.54 Å². The molecule has 1 heterocycles. The highest BCUT2D eigenvalue weighted by molar-refractivity contribution is 7.89. The molecular formula is C17H23N3O5S. The second-order valence-electron chi connectivity index (χ2n) is 6.21. The number of rotatable bonds is 7. The van der Waals surface area contributed by atoms with Crippen LogP contribution < -0.4 is 20.7 Å². The highest BCUT2D eigenvalue weighted by Gasteiger charge is 2.20. The molecule has 0 aliphatic rings. The van der Waals surface area contributed by atoms with E-state index in [0.29, 0.717) is 6.42 Å². The molecule has 0 bridgehead atoms. The SMILES string of the molecule is CC(C)Oc1ccc(CCNS(=O)(=O)c2cn(C)c(=O)n(C)c2=O)cc1. The number of aromatic nitrogens is 2. The van der Waals surface area contributed by atoms with E-state index in [2.05, 4.69) is 4.72 Å². The van der Waals surface area contributed by atoms with Crippen molar-refractivity contribution in [2.24, 2.45) is 14.1 Å². The number of hydrogen-bond donors (Lipinski definition) is 1. The average molecular weight is 381 g/mol. The molecule has 0 atom stereocenters. The Kier molecular flexibility index (Phi) is 6.04. The third-order valence-electron chi connectivity index (χ3n) is 3.71. The zero-order chi connectivity index (χ0) is 19.5. The average Bonchev–Trinajstić information content (AvgIpc) is 2.57. The number of hydrogen-bond acceptors (Lipinski definition) is 5. The van der Waals surface area contributed by atoms with Gasteiger partial charge in [0.1, 0.15) is 5.75 Å². The first-order valence-electron chi connectivity index (χ1n) is 8.13. The van der Waals surface area contributed by atoms with Crippen LogP contribution in [0.3, 0.4) is 0 Å². The lowest BCUT2D eigenvalue weighted by atomic mass is 10.1. The summed E-state index contributed by atoms with van der Waals surface area (Å²) in [5.41, 5.74) is -0.509. The Morgan fingerprint density at radius 1 is 1.12 bits per heavy atom. The van der Waals surface area contributed by atoms with Gasteiger partial charge in [-0.25, -0.2) is 17.9 Å². The Balaban J connectivity index is 2.07. The van der Waals surface area contributed by atoms with Gasteiger partial charge in [0.2, 0.25) is 10.0 Å². The van der Waals surface area contributed by atoms with E-state index >= 15 is 0 Å². The molecule has 142 valence electrons. The summed E-state index contributed by atoms with van der Waals surface area (Å²) in [4.78, 5) is 23.3. The van der Waals surface area contributed by atoms with Crippen molar-refractivity contribution in [2.45, 2.75) is 31.3 Å². The number of nitrogens with one attached hydrogen (secondary N) is 1. The van der Waals surface area contributed by atoms with E-state index in [-0.39, 0.29) is 12.6 Å². The molecule has 1 aromatic heterocycles. The van der Waals surface area contributed by atoms with Crippen molar-refractivity contribution in [3.8, 4) is 5.75 Å². The number of aryl methyl sites for hydroxylation is 1. The molecule has 26 heavy (non-hydrogen) atoms. The van der Waals surface area contributed by atoms with Gasteiger partial charge in [0, 0.05) is 26.8 Å². The molecule has 2 aromatic rings. The van der Waals surface area contributed by atoms with Gasteiger partial charge >= 0.3 is 5.69 Å². The molecule has 0 radical (unpaired) electrons. The minimum atomic E-state index is -4.01. The van der Waals surface area contributed by atoms with Gasteiger partial charge < -0.3 is 9.30 Å². The molecule has 0 saturated heterocycles. The molecule has 8 nitrogen and oxygen atoms in total. The maximum Gasteiger partial charge on any atom is 0.330 e. The van der Waals surface area contributed by atoms with Crippen molar-refractivity contribution >= 4 is 10.0 Å². The minimum absolute atomic E-state index is 0.0807. The van der Waals surface area contributed by atoms with Crippen LogP contribution in [0.5, 0.6) is 5.75 Å². The first-order valence-corrected chi connectivity index (χ1v) is 9.62. The molecule has 1 N–H and O–H groups in total. The summed E-state index contributed by atoms with van der Waals surface area (Å²) in [5.74, 6) is 0.748. The van der Waals surface area contributed by atoms with Gasteiger partial charge in [-0.2, -0.15) is 0 Å². The summed E-state index contributed by atoms with van der Waals surface area (Å²) in [7, 11) is -1.38. The van der Waals surface area contributed by atoms with Crippen LogP contribution in [0.1, 0.15) is 19.4 Å². The van der Waals surface area contributed by atoms with E-state index in [0.717, 1.165) is 26.6 Å². The lowest BCUT2D eigenvalue weighted by Crippen LogP contribution is -2.41. The van der Waals surface area contributed by atoms with Crippen molar-refractivity contribution in [1.29, 1.82) is 0 Å². The minimum Gasteiger partial charge on any atom is -0.491 e. The fraction of sp³-hybridized carbons (Fsp3) is 0.412. The topological polar surface area (TPSA) is 99.4 Å². The van der Waals surface area contributed by atoms with Crippen LogP contribution >= 0.6 is 0 Å². The summed E-state index contributed by atoms with van der Waals surface area (Å²) >= 11 is 0. The fourth-order valence-corrected chi connectivity index (χ4v) is 3.56. The third kappa shape index (κ3) is 4.61. The maximum atomic E-state index is 12.4. The van der Waals surface area contributed by atoms with Crippen molar-refractivity contribution < 1.29 is 13.2 Å². The Morgan fingerprint density at radius 2 is 1.73 bits per heavy atom. The van der Waals surface area contributed by atoms with E-state index in [1.54, 1.807) is 0 Å². The molecule has 1 aromatic carbocycles. The predicted molar refractivity (Wildman–Crippen MR) is 98.0 cm³/mol. The Bertz CT molecular complexity index is 989. The van der Waals surface area contributed by atoms with Crippen LogP contribution in [-0.2, 0) is 30.5 Å². The molecule has 0 amide bonds. The summed E-state index contributed by atoms with van der Waals surface area (Å²) < 4.78 is 34.5. The number of ether oxygens (including phenoxy) is 1. The highest BCUT2D eigenvalue weighted by atomic mass is 32.2. The second kappa shape index (κ2) is 7.88. The lowest BCUT2D eigenvalue weighted by molar-refractivity contribution is 0.242. The van der Waals surface area contributed by atoms with Crippen LogP contribution in [0.15, 0.2) is 44.9 Å². The van der Waals surface area contributed by atoms with Gasteiger partial charge in [0.05, 0.1) is 6.10 Å². The van der Waals surface area contributed by atoms with Gasteiger partial charge in [-0.05, 0) is 38.0 Å². The largest absolute Gasteiger partial charge is 0.491 e. The monoisotopic (exact) mass is 381 g/mol. The molecule has 0 spiro atoms. The molecule has 0 saturated carbocycles. The van der Waals surface area contributed by atoms with E-state index in [9.17, 15) is 18.0 Å². The first-order chi connectivity index (χ1) is 12.1. The Hall–Kier alpha value is -2.39. The van der Waals surface area contributed by atoms with E-state index in [4.69, 9.17) is 4.74 Å². The predicted octanol–water partition coefficient (Wildman–Crippen LogP) is 0.392. The number of nitrogens with zero attached hydrogens (tertiary/aromatic N) is 2. The number of sulfonamides is 1. The first kappa shape index (κ1) is 19.9.